The van der Waals surface area contributed by atoms with Crippen LogP contribution >= 0.6 is 22.6 Å². The van der Waals surface area contributed by atoms with Crippen molar-refractivity contribution < 1.29 is 4.74 Å². The molecule has 35 heavy (non-hydrogen) atoms. The Morgan fingerprint density at radius 3 is 2.80 bits per heavy atom. The predicted molar refractivity (Wildman–Crippen MR) is 141 cm³/mol. The van der Waals surface area contributed by atoms with Gasteiger partial charge in [0.25, 0.3) is 0 Å². The molecule has 0 amide bonds. The first-order valence-electron chi connectivity index (χ1n) is 12.1. The van der Waals surface area contributed by atoms with Crippen LogP contribution in [0.1, 0.15) is 19.3 Å². The summed E-state index contributed by atoms with van der Waals surface area (Å²) >= 11 is 2.32. The topological polar surface area (TPSA) is 91.9 Å². The van der Waals surface area contributed by atoms with Gasteiger partial charge in [0.05, 0.1) is 42.9 Å². The third-order valence-corrected chi connectivity index (χ3v) is 8.10. The van der Waals surface area contributed by atoms with Crippen molar-refractivity contribution in [2.45, 2.75) is 31.3 Å². The van der Waals surface area contributed by atoms with E-state index in [9.17, 15) is 0 Å². The van der Waals surface area contributed by atoms with Gasteiger partial charge in [-0.3, -0.25) is 9.69 Å². The lowest BCUT2D eigenvalue weighted by Crippen LogP contribution is -2.48. The number of ether oxygens (including phenoxy) is 1. The van der Waals surface area contributed by atoms with Gasteiger partial charge in [0.2, 0.25) is 0 Å². The summed E-state index contributed by atoms with van der Waals surface area (Å²) in [6.07, 6.45) is 9.08. The lowest BCUT2D eigenvalue weighted by molar-refractivity contribution is 0.0131. The summed E-state index contributed by atoms with van der Waals surface area (Å²) in [4.78, 5) is 12.4. The van der Waals surface area contributed by atoms with Crippen molar-refractivity contribution in [3.63, 3.8) is 0 Å². The number of anilines is 1. The average Bonchev–Trinajstić information content (AvgIpc) is 3.66. The number of nitrogens with one attached hydrogen (secondary N) is 1. The van der Waals surface area contributed by atoms with Gasteiger partial charge in [-0.1, -0.05) is 0 Å². The van der Waals surface area contributed by atoms with Crippen LogP contribution in [-0.4, -0.2) is 85.4 Å². The van der Waals surface area contributed by atoms with Crippen molar-refractivity contribution in [1.82, 2.24) is 40.1 Å². The summed E-state index contributed by atoms with van der Waals surface area (Å²) in [5.41, 5.74) is 6.39. The van der Waals surface area contributed by atoms with Crippen molar-refractivity contribution >= 4 is 45.3 Å². The van der Waals surface area contributed by atoms with E-state index < -0.39 is 0 Å². The zero-order chi connectivity index (χ0) is 23.5. The number of nitrogens with zero attached hydrogens (tertiary/aromatic N) is 9. The molecule has 0 radical (unpaired) electrons. The van der Waals surface area contributed by atoms with Gasteiger partial charge in [-0.05, 0) is 54.0 Å². The van der Waals surface area contributed by atoms with Crippen molar-refractivity contribution in [1.29, 1.82) is 0 Å². The molecule has 7 heterocycles. The highest BCUT2D eigenvalue weighted by atomic mass is 127. The maximum Gasteiger partial charge on any atom is 0.168 e. The van der Waals surface area contributed by atoms with Crippen molar-refractivity contribution in [2.24, 2.45) is 12.0 Å². The minimum Gasteiger partial charge on any atom is -0.377 e. The van der Waals surface area contributed by atoms with Crippen molar-refractivity contribution in [2.75, 3.05) is 37.7 Å². The highest BCUT2D eigenvalue weighted by Crippen LogP contribution is 2.38. The standard InChI is InChI=1S/C23H27IN10O/c1-30-18(5-7-26-30)17-11-19(33-15-3-4-16(33)14-35-13-15)28-23-21(17)22(24)29-34(23)20-12-31(10-8-25-20)32-9-2-6-27-32/h5,7-8,10-11,15-16,27H,2-4,6,9,12-14H2,1H3. The largest absolute Gasteiger partial charge is 0.377 e. The molecule has 0 aromatic carbocycles. The summed E-state index contributed by atoms with van der Waals surface area (Å²) in [6.45, 7) is 4.08. The van der Waals surface area contributed by atoms with Crippen LogP contribution in [0.25, 0.3) is 22.3 Å². The van der Waals surface area contributed by atoms with Crippen LogP contribution in [0.4, 0.5) is 5.82 Å². The molecule has 1 N–H and O–H groups in total. The zero-order valence-corrected chi connectivity index (χ0v) is 21.7. The third-order valence-electron chi connectivity index (χ3n) is 7.34. The monoisotopic (exact) mass is 586 g/mol. The number of aliphatic imine (C=N–C) groups is 1. The fourth-order valence-electron chi connectivity index (χ4n) is 5.67. The lowest BCUT2D eigenvalue weighted by atomic mass is 10.1. The number of aryl methyl sites for hydroxylation is 1. The third kappa shape index (κ3) is 3.57. The number of hydrazine groups is 2. The molecule has 2 atom stereocenters. The summed E-state index contributed by atoms with van der Waals surface area (Å²) in [7, 11) is 1.98. The van der Waals surface area contributed by atoms with Gasteiger partial charge >= 0.3 is 0 Å². The Morgan fingerprint density at radius 2 is 2.06 bits per heavy atom. The van der Waals surface area contributed by atoms with E-state index in [1.807, 2.05) is 35.0 Å². The molecule has 12 heteroatoms. The number of halogens is 1. The molecule has 182 valence electrons. The molecule has 2 bridgehead atoms. The SMILES string of the molecule is Cn1nccc1-c1cc(N2C3CCC2COC3)nc2c1c(I)nn2C1=NC=CN(N2CCCN2)C1. The molecule has 4 aliphatic heterocycles. The molecule has 11 nitrogen and oxygen atoms in total. The minimum absolute atomic E-state index is 0.361. The van der Waals surface area contributed by atoms with Crippen LogP contribution in [0.2, 0.25) is 0 Å². The van der Waals surface area contributed by atoms with Crippen LogP contribution < -0.4 is 10.3 Å². The highest BCUT2D eigenvalue weighted by Gasteiger charge is 2.39. The number of pyridine rings is 1. The van der Waals surface area contributed by atoms with E-state index in [0.717, 1.165) is 83.2 Å². The number of hydrogen-bond donors (Lipinski definition) is 1. The van der Waals surface area contributed by atoms with Crippen LogP contribution in [-0.2, 0) is 11.8 Å². The second-order valence-corrected chi connectivity index (χ2v) is 10.4. The van der Waals surface area contributed by atoms with Gasteiger partial charge in [-0.25, -0.2) is 15.4 Å². The fourth-order valence-corrected chi connectivity index (χ4v) is 6.42. The Labute approximate surface area is 216 Å². The second kappa shape index (κ2) is 8.54. The summed E-state index contributed by atoms with van der Waals surface area (Å²) < 4.78 is 10.6. The Hall–Kier alpha value is -2.55. The van der Waals surface area contributed by atoms with Gasteiger partial charge in [0.1, 0.15) is 9.52 Å². The molecule has 3 fully saturated rings. The number of fused-ring (bicyclic) bond motifs is 3. The molecule has 3 aromatic heterocycles. The van der Waals surface area contributed by atoms with Crippen LogP contribution in [0.3, 0.4) is 0 Å². The molecule has 2 unspecified atom stereocenters. The van der Waals surface area contributed by atoms with Gasteiger partial charge < -0.3 is 9.64 Å². The summed E-state index contributed by atoms with van der Waals surface area (Å²) in [6, 6.07) is 5.00. The molecule has 4 aliphatic rings. The average molecular weight is 586 g/mol. The number of aromatic nitrogens is 5. The number of hydrogen-bond acceptors (Lipinski definition) is 9. The van der Waals surface area contributed by atoms with Gasteiger partial charge in [-0.2, -0.15) is 20.0 Å². The summed E-state index contributed by atoms with van der Waals surface area (Å²) in [5, 5.41) is 14.7. The van der Waals surface area contributed by atoms with Crippen LogP contribution in [0, 0.1) is 3.70 Å². The Balaban J connectivity index is 1.38. The maximum absolute atomic E-state index is 5.86. The van der Waals surface area contributed by atoms with Crippen molar-refractivity contribution in [3.8, 4) is 11.3 Å². The first-order valence-corrected chi connectivity index (χ1v) is 13.2. The van der Waals surface area contributed by atoms with Crippen LogP contribution in [0.5, 0.6) is 0 Å². The smallest absolute Gasteiger partial charge is 0.168 e. The number of rotatable bonds is 3. The summed E-state index contributed by atoms with van der Waals surface area (Å²) in [5.74, 6) is 1.83. The first-order chi connectivity index (χ1) is 17.2. The van der Waals surface area contributed by atoms with E-state index in [2.05, 4.69) is 60.3 Å². The normalized spacial score (nSPS) is 24.7. The van der Waals surface area contributed by atoms with Crippen LogP contribution in [0.15, 0.2) is 35.7 Å². The highest BCUT2D eigenvalue weighted by molar-refractivity contribution is 14.1. The lowest BCUT2D eigenvalue weighted by Gasteiger charge is -2.36. The molecule has 3 aromatic rings. The second-order valence-electron chi connectivity index (χ2n) is 9.42. The minimum atomic E-state index is 0.361. The zero-order valence-electron chi connectivity index (χ0n) is 19.5. The molecule has 0 aliphatic carbocycles. The van der Waals surface area contributed by atoms with Gasteiger partial charge in [0, 0.05) is 44.3 Å². The maximum atomic E-state index is 5.86. The Kier molecular flexibility index (Phi) is 5.29. The predicted octanol–water partition coefficient (Wildman–Crippen LogP) is 1.96. The van der Waals surface area contributed by atoms with E-state index in [1.165, 1.54) is 0 Å². The molecule has 7 rings (SSSR count). The Morgan fingerprint density at radius 1 is 1.20 bits per heavy atom. The van der Waals surface area contributed by atoms with E-state index in [0.29, 0.717) is 18.6 Å². The van der Waals surface area contributed by atoms with E-state index in [1.54, 1.807) is 0 Å². The quantitative estimate of drug-likeness (QED) is 0.466. The van der Waals surface area contributed by atoms with E-state index in [-0.39, 0.29) is 0 Å². The molecule has 3 saturated heterocycles. The fraction of sp³-hybridized carbons (Fsp3) is 0.478. The van der Waals surface area contributed by atoms with E-state index >= 15 is 0 Å². The Bertz CT molecular complexity index is 1320. The molecular formula is C23H27IN10O. The number of morpholine rings is 1. The molecule has 0 spiro atoms. The van der Waals surface area contributed by atoms with Gasteiger partial charge in [-0.15, -0.1) is 0 Å². The van der Waals surface area contributed by atoms with Crippen molar-refractivity contribution in [3.05, 3.63) is 34.4 Å². The molecule has 0 saturated carbocycles. The molecular weight excluding hydrogens is 559 g/mol. The van der Waals surface area contributed by atoms with Gasteiger partial charge in [0.15, 0.2) is 11.5 Å². The first kappa shape index (κ1) is 21.7. The van der Waals surface area contributed by atoms with E-state index in [4.69, 9.17) is 19.8 Å².